The molecule has 0 aromatic carbocycles. The van der Waals surface area contributed by atoms with Crippen molar-refractivity contribution in [2.45, 2.75) is 36.8 Å². The number of hydrogen-bond donors (Lipinski definition) is 3. The Balaban J connectivity index is 1.78. The highest BCUT2D eigenvalue weighted by atomic mass is 32.2. The molecule has 1 heterocycles. The zero-order valence-corrected chi connectivity index (χ0v) is 13.5. The third kappa shape index (κ3) is 4.76. The lowest BCUT2D eigenvalue weighted by molar-refractivity contribution is -0.142. The van der Waals surface area contributed by atoms with Gasteiger partial charge in [0.05, 0.1) is 18.8 Å². The first-order valence-electron chi connectivity index (χ1n) is 7.27. The van der Waals surface area contributed by atoms with E-state index in [1.807, 2.05) is 0 Å². The summed E-state index contributed by atoms with van der Waals surface area (Å²) in [5.41, 5.74) is 0. The molecule has 10 heteroatoms. The van der Waals surface area contributed by atoms with E-state index in [0.717, 1.165) is 0 Å². The lowest BCUT2D eigenvalue weighted by Gasteiger charge is -2.26. The van der Waals surface area contributed by atoms with Crippen molar-refractivity contribution in [2.24, 2.45) is 13.0 Å². The smallest absolute Gasteiger partial charge is 0.306 e. The van der Waals surface area contributed by atoms with Crippen molar-refractivity contribution in [1.82, 2.24) is 19.6 Å². The predicted octanol–water partition coefficient (Wildman–Crippen LogP) is -0.542. The third-order valence-corrected chi connectivity index (χ3v) is 5.11. The number of aromatic nitrogens is 2. The van der Waals surface area contributed by atoms with Crippen LogP contribution < -0.4 is 10.0 Å². The summed E-state index contributed by atoms with van der Waals surface area (Å²) in [7, 11) is -2.17. The Kier molecular flexibility index (Phi) is 5.37. The number of amides is 1. The topological polar surface area (TPSA) is 130 Å². The van der Waals surface area contributed by atoms with Gasteiger partial charge in [-0.05, 0) is 25.7 Å². The van der Waals surface area contributed by atoms with Gasteiger partial charge in [0.15, 0.2) is 5.03 Å². The highest BCUT2D eigenvalue weighted by Crippen LogP contribution is 2.24. The molecule has 0 spiro atoms. The fraction of sp³-hybridized carbons (Fsp3) is 0.615. The first-order chi connectivity index (χ1) is 10.8. The van der Waals surface area contributed by atoms with Gasteiger partial charge in [0.1, 0.15) is 0 Å². The second kappa shape index (κ2) is 7.09. The number of aliphatic carboxylic acids is 1. The maximum Gasteiger partial charge on any atom is 0.306 e. The van der Waals surface area contributed by atoms with Crippen molar-refractivity contribution < 1.29 is 23.1 Å². The molecule has 1 amide bonds. The van der Waals surface area contributed by atoms with Crippen LogP contribution in [0.2, 0.25) is 0 Å². The lowest BCUT2D eigenvalue weighted by atomic mass is 9.86. The maximum atomic E-state index is 11.9. The first kappa shape index (κ1) is 17.4. The second-order valence-electron chi connectivity index (χ2n) is 5.66. The van der Waals surface area contributed by atoms with E-state index in [1.165, 1.54) is 17.1 Å². The normalized spacial score (nSPS) is 21.8. The Morgan fingerprint density at radius 2 is 2.00 bits per heavy atom. The number of sulfonamides is 1. The van der Waals surface area contributed by atoms with Crippen molar-refractivity contribution in [3.8, 4) is 0 Å². The Morgan fingerprint density at radius 3 is 2.52 bits per heavy atom. The standard InChI is InChI=1S/C13H20N4O5S/c1-17-7-12(14-8-17)23(21,22)15-6-11(18)16-10-4-2-9(3-5-10)13(19)20/h7-10,15H,2-6H2,1H3,(H,16,18)(H,19,20). The summed E-state index contributed by atoms with van der Waals surface area (Å²) < 4.78 is 27.5. The molecule has 1 aliphatic carbocycles. The van der Waals surface area contributed by atoms with E-state index in [0.29, 0.717) is 25.7 Å². The van der Waals surface area contributed by atoms with E-state index >= 15 is 0 Å². The minimum absolute atomic E-state index is 0.113. The number of carboxylic acids is 1. The molecule has 1 saturated carbocycles. The number of rotatable bonds is 6. The van der Waals surface area contributed by atoms with Crippen LogP contribution in [0, 0.1) is 5.92 Å². The average Bonchev–Trinajstić information content (AvgIpc) is 2.93. The lowest BCUT2D eigenvalue weighted by Crippen LogP contribution is -2.43. The summed E-state index contributed by atoms with van der Waals surface area (Å²) in [6.45, 7) is -0.377. The van der Waals surface area contributed by atoms with E-state index in [4.69, 9.17) is 5.11 Å². The van der Waals surface area contributed by atoms with Gasteiger partial charge in [-0.3, -0.25) is 9.59 Å². The fourth-order valence-electron chi connectivity index (χ4n) is 2.53. The van der Waals surface area contributed by atoms with E-state index in [1.54, 1.807) is 7.05 Å². The molecule has 1 aromatic rings. The molecular formula is C13H20N4O5S. The third-order valence-electron chi connectivity index (χ3n) is 3.82. The van der Waals surface area contributed by atoms with E-state index in [2.05, 4.69) is 15.0 Å². The SMILES string of the molecule is Cn1cnc(S(=O)(=O)NCC(=O)NC2CCC(C(=O)O)CC2)c1. The molecular weight excluding hydrogens is 324 g/mol. The molecule has 9 nitrogen and oxygen atoms in total. The van der Waals surface area contributed by atoms with Crippen molar-refractivity contribution in [3.63, 3.8) is 0 Å². The number of nitrogens with zero attached hydrogens (tertiary/aromatic N) is 2. The summed E-state index contributed by atoms with van der Waals surface area (Å²) in [5.74, 6) is -1.60. The molecule has 23 heavy (non-hydrogen) atoms. The van der Waals surface area contributed by atoms with Crippen LogP contribution in [-0.2, 0) is 26.7 Å². The molecule has 128 valence electrons. The van der Waals surface area contributed by atoms with Gasteiger partial charge < -0.3 is 15.0 Å². The van der Waals surface area contributed by atoms with Gasteiger partial charge in [-0.25, -0.2) is 18.1 Å². The predicted molar refractivity (Wildman–Crippen MR) is 79.9 cm³/mol. The number of imidazole rings is 1. The molecule has 0 aliphatic heterocycles. The Hall–Kier alpha value is -1.94. The first-order valence-corrected chi connectivity index (χ1v) is 8.76. The van der Waals surface area contributed by atoms with Crippen LogP contribution >= 0.6 is 0 Å². The van der Waals surface area contributed by atoms with Crippen LogP contribution in [0.4, 0.5) is 0 Å². The number of carbonyl (C=O) groups is 2. The van der Waals surface area contributed by atoms with Crippen LogP contribution in [0.25, 0.3) is 0 Å². The zero-order valence-electron chi connectivity index (χ0n) is 12.7. The number of carboxylic acid groups (broad SMARTS) is 1. The van der Waals surface area contributed by atoms with Crippen LogP contribution in [0.3, 0.4) is 0 Å². The average molecular weight is 344 g/mol. The quantitative estimate of drug-likeness (QED) is 0.635. The number of carbonyl (C=O) groups excluding carboxylic acids is 1. The highest BCUT2D eigenvalue weighted by Gasteiger charge is 2.27. The Labute approximate surface area is 134 Å². The highest BCUT2D eigenvalue weighted by molar-refractivity contribution is 7.89. The zero-order chi connectivity index (χ0) is 17.0. The Morgan fingerprint density at radius 1 is 1.35 bits per heavy atom. The van der Waals surface area contributed by atoms with Crippen molar-refractivity contribution in [3.05, 3.63) is 12.5 Å². The summed E-state index contributed by atoms with van der Waals surface area (Å²) in [5, 5.41) is 11.5. The molecule has 2 rings (SSSR count). The summed E-state index contributed by atoms with van der Waals surface area (Å²) in [4.78, 5) is 26.4. The molecule has 0 atom stereocenters. The minimum atomic E-state index is -3.82. The molecule has 0 radical (unpaired) electrons. The fourth-order valence-corrected chi connectivity index (χ4v) is 3.49. The van der Waals surface area contributed by atoms with Gasteiger partial charge in [-0.1, -0.05) is 0 Å². The van der Waals surface area contributed by atoms with Crippen molar-refractivity contribution in [1.29, 1.82) is 0 Å². The van der Waals surface area contributed by atoms with E-state index in [-0.39, 0.29) is 23.5 Å². The van der Waals surface area contributed by atoms with Crippen molar-refractivity contribution >= 4 is 21.9 Å². The maximum absolute atomic E-state index is 11.9. The van der Waals surface area contributed by atoms with Gasteiger partial charge >= 0.3 is 5.97 Å². The van der Waals surface area contributed by atoms with Gasteiger partial charge in [0.25, 0.3) is 10.0 Å². The van der Waals surface area contributed by atoms with Crippen LogP contribution in [-0.4, -0.2) is 47.5 Å². The van der Waals surface area contributed by atoms with Crippen LogP contribution in [0.15, 0.2) is 17.6 Å². The molecule has 1 aromatic heterocycles. The summed E-state index contributed by atoms with van der Waals surface area (Å²) in [6, 6.07) is -0.113. The molecule has 0 bridgehead atoms. The van der Waals surface area contributed by atoms with Crippen LogP contribution in [0.5, 0.6) is 0 Å². The second-order valence-corrected chi connectivity index (χ2v) is 7.37. The largest absolute Gasteiger partial charge is 0.481 e. The van der Waals surface area contributed by atoms with Gasteiger partial charge in [-0.15, -0.1) is 0 Å². The number of aryl methyl sites for hydroxylation is 1. The van der Waals surface area contributed by atoms with E-state index < -0.39 is 21.9 Å². The molecule has 3 N–H and O–H groups in total. The molecule has 1 fully saturated rings. The minimum Gasteiger partial charge on any atom is -0.481 e. The van der Waals surface area contributed by atoms with E-state index in [9.17, 15) is 18.0 Å². The van der Waals surface area contributed by atoms with Gasteiger partial charge in [-0.2, -0.15) is 0 Å². The molecule has 1 aliphatic rings. The van der Waals surface area contributed by atoms with Gasteiger partial charge in [0, 0.05) is 19.3 Å². The number of hydrogen-bond acceptors (Lipinski definition) is 5. The van der Waals surface area contributed by atoms with Gasteiger partial charge in [0.2, 0.25) is 5.91 Å². The number of nitrogens with one attached hydrogen (secondary N) is 2. The summed E-state index contributed by atoms with van der Waals surface area (Å²) >= 11 is 0. The van der Waals surface area contributed by atoms with Crippen molar-refractivity contribution in [2.75, 3.05) is 6.54 Å². The summed E-state index contributed by atoms with van der Waals surface area (Å²) in [6.07, 6.45) is 4.88. The monoisotopic (exact) mass is 344 g/mol. The van der Waals surface area contributed by atoms with Crippen LogP contribution in [0.1, 0.15) is 25.7 Å². The molecule has 0 unspecified atom stereocenters. The molecule has 0 saturated heterocycles. The Bertz CT molecular complexity index is 676.